The molecule has 3 amide bonds. The summed E-state index contributed by atoms with van der Waals surface area (Å²) < 4.78 is 0. The van der Waals surface area contributed by atoms with Gasteiger partial charge in [0, 0.05) is 26.1 Å². The fraction of sp³-hybridized carbons (Fsp3) is 0.529. The van der Waals surface area contributed by atoms with Crippen LogP contribution < -0.4 is 5.32 Å². The van der Waals surface area contributed by atoms with Gasteiger partial charge in [0.05, 0.1) is 25.3 Å². The quantitative estimate of drug-likeness (QED) is 0.670. The molecule has 24 heavy (non-hydrogen) atoms. The zero-order valence-corrected chi connectivity index (χ0v) is 13.9. The van der Waals surface area contributed by atoms with Gasteiger partial charge < -0.3 is 25.3 Å². The third-order valence-corrected chi connectivity index (χ3v) is 4.26. The van der Waals surface area contributed by atoms with Gasteiger partial charge in [-0.1, -0.05) is 30.3 Å². The smallest absolute Gasteiger partial charge is 0.317 e. The highest BCUT2D eigenvalue weighted by molar-refractivity contribution is 5.82. The van der Waals surface area contributed by atoms with Gasteiger partial charge in [-0.05, 0) is 12.5 Å². The molecule has 2 atom stereocenters. The predicted octanol–water partition coefficient (Wildman–Crippen LogP) is 0.345. The third-order valence-electron chi connectivity index (χ3n) is 4.26. The van der Waals surface area contributed by atoms with E-state index in [1.807, 2.05) is 37.3 Å². The molecule has 2 rings (SSSR count). The highest BCUT2D eigenvalue weighted by atomic mass is 16.3. The van der Waals surface area contributed by atoms with Gasteiger partial charge in [0.15, 0.2) is 0 Å². The van der Waals surface area contributed by atoms with Crippen LogP contribution in [0.3, 0.4) is 0 Å². The Balaban J connectivity index is 1.95. The van der Waals surface area contributed by atoms with Crippen molar-refractivity contribution in [3.63, 3.8) is 0 Å². The van der Waals surface area contributed by atoms with E-state index >= 15 is 0 Å². The maximum atomic E-state index is 12.3. The molecule has 3 N–H and O–H groups in total. The first kappa shape index (κ1) is 18.2. The minimum Gasteiger partial charge on any atom is -0.395 e. The first-order valence-corrected chi connectivity index (χ1v) is 8.18. The lowest BCUT2D eigenvalue weighted by Crippen LogP contribution is -2.47. The van der Waals surface area contributed by atoms with Gasteiger partial charge in [-0.3, -0.25) is 4.79 Å². The number of aliphatic hydroxyl groups excluding tert-OH is 2. The van der Waals surface area contributed by atoms with E-state index in [0.29, 0.717) is 6.54 Å². The third kappa shape index (κ3) is 4.46. The van der Waals surface area contributed by atoms with Crippen molar-refractivity contribution in [1.29, 1.82) is 0 Å². The molecule has 1 aromatic carbocycles. The topological polar surface area (TPSA) is 93.1 Å². The molecule has 1 heterocycles. The number of benzene rings is 1. The molecule has 1 fully saturated rings. The summed E-state index contributed by atoms with van der Waals surface area (Å²) in [6.07, 6.45) is 0.259. The van der Waals surface area contributed by atoms with E-state index in [-0.39, 0.29) is 56.7 Å². The van der Waals surface area contributed by atoms with Crippen LogP contribution in [0.25, 0.3) is 0 Å². The predicted molar refractivity (Wildman–Crippen MR) is 89.3 cm³/mol. The van der Waals surface area contributed by atoms with Crippen LogP contribution in [0.2, 0.25) is 0 Å². The Morgan fingerprint density at radius 2 is 1.92 bits per heavy atom. The van der Waals surface area contributed by atoms with Crippen LogP contribution in [-0.2, 0) is 4.79 Å². The average Bonchev–Trinajstić information content (AvgIpc) is 2.95. The van der Waals surface area contributed by atoms with Crippen molar-refractivity contribution >= 4 is 11.9 Å². The number of urea groups is 1. The van der Waals surface area contributed by atoms with Gasteiger partial charge in [0.1, 0.15) is 0 Å². The second-order valence-electron chi connectivity index (χ2n) is 5.92. The number of rotatable bonds is 7. The summed E-state index contributed by atoms with van der Waals surface area (Å²) in [5, 5.41) is 20.8. The number of nitrogens with one attached hydrogen (secondary N) is 1. The van der Waals surface area contributed by atoms with Gasteiger partial charge in [0.25, 0.3) is 0 Å². The number of carbonyl (C=O) groups excluding carboxylic acids is 2. The second kappa shape index (κ2) is 8.65. The molecule has 2 unspecified atom stereocenters. The lowest BCUT2D eigenvalue weighted by atomic mass is 10.1. The standard InChI is InChI=1S/C17H25N3O4/c1-13(14-5-3-2-4-6-14)20-12-15(11-16(20)23)18-17(24)19(7-9-21)8-10-22/h2-6,13,15,21-22H,7-12H2,1H3,(H,18,24). The van der Waals surface area contributed by atoms with Crippen molar-refractivity contribution in [2.24, 2.45) is 0 Å². The number of amides is 3. The lowest BCUT2D eigenvalue weighted by molar-refractivity contribution is -0.129. The van der Waals surface area contributed by atoms with Crippen LogP contribution in [0.5, 0.6) is 0 Å². The summed E-state index contributed by atoms with van der Waals surface area (Å²) >= 11 is 0. The lowest BCUT2D eigenvalue weighted by Gasteiger charge is -2.26. The van der Waals surface area contributed by atoms with E-state index in [4.69, 9.17) is 10.2 Å². The molecule has 1 aromatic rings. The number of hydrogen-bond acceptors (Lipinski definition) is 4. The Labute approximate surface area is 141 Å². The summed E-state index contributed by atoms with van der Waals surface area (Å²) in [6, 6.07) is 9.08. The Kier molecular flexibility index (Phi) is 6.57. The van der Waals surface area contributed by atoms with Crippen molar-refractivity contribution in [1.82, 2.24) is 15.1 Å². The molecule has 0 bridgehead atoms. The van der Waals surface area contributed by atoms with Crippen LogP contribution >= 0.6 is 0 Å². The van der Waals surface area contributed by atoms with Crippen LogP contribution in [0.1, 0.15) is 24.9 Å². The Hall–Kier alpha value is -2.12. The molecule has 0 aromatic heterocycles. The number of carbonyl (C=O) groups is 2. The Morgan fingerprint density at radius 3 is 2.50 bits per heavy atom. The van der Waals surface area contributed by atoms with Crippen molar-refractivity contribution in [2.75, 3.05) is 32.8 Å². The van der Waals surface area contributed by atoms with E-state index in [9.17, 15) is 9.59 Å². The molecule has 0 saturated carbocycles. The van der Waals surface area contributed by atoms with Gasteiger partial charge in [-0.25, -0.2) is 4.79 Å². The van der Waals surface area contributed by atoms with E-state index < -0.39 is 0 Å². The van der Waals surface area contributed by atoms with Crippen LogP contribution in [0.4, 0.5) is 4.79 Å². The highest BCUT2D eigenvalue weighted by Crippen LogP contribution is 2.25. The molecule has 0 aliphatic carbocycles. The summed E-state index contributed by atoms with van der Waals surface area (Å²) in [5.41, 5.74) is 1.06. The van der Waals surface area contributed by atoms with Gasteiger partial charge >= 0.3 is 6.03 Å². The first-order chi connectivity index (χ1) is 11.6. The molecule has 0 spiro atoms. The molecule has 1 saturated heterocycles. The zero-order chi connectivity index (χ0) is 17.5. The Bertz CT molecular complexity index is 546. The first-order valence-electron chi connectivity index (χ1n) is 8.18. The number of hydrogen-bond donors (Lipinski definition) is 3. The van der Waals surface area contributed by atoms with E-state index in [0.717, 1.165) is 5.56 Å². The number of aliphatic hydroxyl groups is 2. The molecule has 7 heteroatoms. The zero-order valence-electron chi connectivity index (χ0n) is 13.9. The molecule has 7 nitrogen and oxygen atoms in total. The van der Waals surface area contributed by atoms with Crippen LogP contribution in [0.15, 0.2) is 30.3 Å². The van der Waals surface area contributed by atoms with Gasteiger partial charge in [-0.2, -0.15) is 0 Å². The SMILES string of the molecule is CC(c1ccccc1)N1CC(NC(=O)N(CCO)CCO)CC1=O. The summed E-state index contributed by atoms with van der Waals surface area (Å²) in [4.78, 5) is 27.6. The van der Waals surface area contributed by atoms with Crippen LogP contribution in [-0.4, -0.2) is 70.8 Å². The van der Waals surface area contributed by atoms with Gasteiger partial charge in [-0.15, -0.1) is 0 Å². The normalized spacial score (nSPS) is 18.5. The van der Waals surface area contributed by atoms with E-state index in [1.54, 1.807) is 4.90 Å². The maximum absolute atomic E-state index is 12.3. The highest BCUT2D eigenvalue weighted by Gasteiger charge is 2.34. The largest absolute Gasteiger partial charge is 0.395 e. The second-order valence-corrected chi connectivity index (χ2v) is 5.92. The maximum Gasteiger partial charge on any atom is 0.317 e. The Morgan fingerprint density at radius 1 is 1.29 bits per heavy atom. The monoisotopic (exact) mass is 335 g/mol. The minimum atomic E-state index is -0.370. The number of nitrogens with zero attached hydrogens (tertiary/aromatic N) is 2. The average molecular weight is 335 g/mol. The fourth-order valence-electron chi connectivity index (χ4n) is 2.94. The molecule has 0 radical (unpaired) electrons. The fourth-order valence-corrected chi connectivity index (χ4v) is 2.94. The van der Waals surface area contributed by atoms with Gasteiger partial charge in [0.2, 0.25) is 5.91 Å². The number of likely N-dealkylation sites (tertiary alicyclic amines) is 1. The van der Waals surface area contributed by atoms with Crippen LogP contribution in [0, 0.1) is 0 Å². The van der Waals surface area contributed by atoms with E-state index in [1.165, 1.54) is 4.90 Å². The molecule has 1 aliphatic heterocycles. The summed E-state index contributed by atoms with van der Waals surface area (Å²) in [5.74, 6) is 0.00696. The molecular formula is C17H25N3O4. The van der Waals surface area contributed by atoms with Crippen molar-refractivity contribution < 1.29 is 19.8 Å². The summed E-state index contributed by atoms with van der Waals surface area (Å²) in [6.45, 7) is 2.38. The molecule has 132 valence electrons. The molecule has 1 aliphatic rings. The molecular weight excluding hydrogens is 310 g/mol. The van der Waals surface area contributed by atoms with Crippen molar-refractivity contribution in [2.45, 2.75) is 25.4 Å². The van der Waals surface area contributed by atoms with Crippen molar-refractivity contribution in [3.8, 4) is 0 Å². The van der Waals surface area contributed by atoms with Crippen molar-refractivity contribution in [3.05, 3.63) is 35.9 Å². The minimum absolute atomic E-state index is 0.00696. The summed E-state index contributed by atoms with van der Waals surface area (Å²) in [7, 11) is 0. The van der Waals surface area contributed by atoms with E-state index in [2.05, 4.69) is 5.32 Å².